The highest BCUT2D eigenvalue weighted by molar-refractivity contribution is 9.10. The van der Waals surface area contributed by atoms with Crippen LogP contribution in [0.3, 0.4) is 0 Å². The van der Waals surface area contributed by atoms with Crippen LogP contribution in [0.1, 0.15) is 0 Å². The Labute approximate surface area is 91.1 Å². The first-order valence-electron chi connectivity index (χ1n) is 4.18. The summed E-state index contributed by atoms with van der Waals surface area (Å²) in [4.78, 5) is 0.358. The summed E-state index contributed by atoms with van der Waals surface area (Å²) in [5.74, 6) is 0.0919. The van der Waals surface area contributed by atoms with Crippen molar-refractivity contribution in [2.24, 2.45) is 0 Å². The zero-order valence-electron chi connectivity index (χ0n) is 7.31. The Morgan fingerprint density at radius 1 is 1.36 bits per heavy atom. The number of hydrogen-bond acceptors (Lipinski definition) is 3. The van der Waals surface area contributed by atoms with Gasteiger partial charge in [-0.05, 0) is 24.3 Å². The van der Waals surface area contributed by atoms with Gasteiger partial charge in [-0.3, -0.25) is 0 Å². The first kappa shape index (κ1) is 10.1. The Morgan fingerprint density at radius 3 is 2.43 bits per heavy atom. The van der Waals surface area contributed by atoms with Gasteiger partial charge in [0, 0.05) is 4.47 Å². The molecule has 0 spiro atoms. The molecule has 0 aromatic heterocycles. The first-order chi connectivity index (χ1) is 6.58. The van der Waals surface area contributed by atoms with Gasteiger partial charge in [0.15, 0.2) is 9.84 Å². The summed E-state index contributed by atoms with van der Waals surface area (Å²) in [6.45, 7) is 0.565. The van der Waals surface area contributed by atoms with E-state index in [1.165, 1.54) is 0 Å². The average molecular weight is 277 g/mol. The van der Waals surface area contributed by atoms with Gasteiger partial charge in [0.05, 0.1) is 23.4 Å². The van der Waals surface area contributed by atoms with Crippen LogP contribution in [0.2, 0.25) is 0 Å². The highest BCUT2D eigenvalue weighted by Gasteiger charge is 2.30. The molecule has 0 aliphatic carbocycles. The maximum Gasteiger partial charge on any atom is 0.181 e. The molecule has 76 valence electrons. The minimum atomic E-state index is -3.16. The number of sulfone groups is 1. The van der Waals surface area contributed by atoms with E-state index in [0.717, 1.165) is 4.47 Å². The van der Waals surface area contributed by atoms with E-state index in [1.807, 2.05) is 0 Å². The quantitative estimate of drug-likeness (QED) is 0.789. The van der Waals surface area contributed by atoms with E-state index in [4.69, 9.17) is 4.74 Å². The summed E-state index contributed by atoms with van der Waals surface area (Å²) >= 11 is 3.26. The van der Waals surface area contributed by atoms with Crippen LogP contribution >= 0.6 is 15.9 Å². The van der Waals surface area contributed by atoms with Crippen molar-refractivity contribution in [1.29, 1.82) is 0 Å². The second-order valence-electron chi connectivity index (χ2n) is 3.19. The predicted octanol–water partition coefficient (Wildman–Crippen LogP) is 1.62. The van der Waals surface area contributed by atoms with Crippen molar-refractivity contribution in [3.63, 3.8) is 0 Å². The summed E-state index contributed by atoms with van der Waals surface area (Å²) in [7, 11) is -3.16. The smallest absolute Gasteiger partial charge is 0.181 e. The predicted molar refractivity (Wildman–Crippen MR) is 55.9 cm³/mol. The molecule has 0 amide bonds. The van der Waals surface area contributed by atoms with E-state index in [2.05, 4.69) is 15.9 Å². The van der Waals surface area contributed by atoms with Crippen molar-refractivity contribution in [1.82, 2.24) is 0 Å². The zero-order valence-corrected chi connectivity index (χ0v) is 9.71. The fraction of sp³-hybridized carbons (Fsp3) is 0.333. The molecule has 1 aromatic rings. The van der Waals surface area contributed by atoms with E-state index in [0.29, 0.717) is 11.5 Å². The van der Waals surface area contributed by atoms with Gasteiger partial charge in [-0.25, -0.2) is 8.42 Å². The van der Waals surface area contributed by atoms with Crippen LogP contribution in [0.25, 0.3) is 0 Å². The largest absolute Gasteiger partial charge is 0.372 e. The lowest BCUT2D eigenvalue weighted by Gasteiger charge is -2.01. The molecular formula is C9H9BrO3S. The lowest BCUT2D eigenvalue weighted by molar-refractivity contribution is 0.422. The molecule has 1 fully saturated rings. The lowest BCUT2D eigenvalue weighted by atomic mass is 10.4. The van der Waals surface area contributed by atoms with Gasteiger partial charge in [-0.2, -0.15) is 0 Å². The van der Waals surface area contributed by atoms with Gasteiger partial charge in [-0.1, -0.05) is 15.9 Å². The van der Waals surface area contributed by atoms with Gasteiger partial charge in [0.2, 0.25) is 0 Å². The number of epoxide rings is 1. The molecule has 1 atom stereocenters. The average Bonchev–Trinajstić information content (AvgIpc) is 2.88. The van der Waals surface area contributed by atoms with Crippen molar-refractivity contribution in [3.05, 3.63) is 28.7 Å². The number of hydrogen-bond donors (Lipinski definition) is 0. The minimum absolute atomic E-state index is 0.0919. The molecule has 0 radical (unpaired) electrons. The van der Waals surface area contributed by atoms with Crippen molar-refractivity contribution in [2.75, 3.05) is 12.4 Å². The van der Waals surface area contributed by atoms with Crippen LogP contribution in [0, 0.1) is 0 Å². The molecule has 1 aliphatic heterocycles. The Balaban J connectivity index is 2.24. The maximum atomic E-state index is 11.7. The molecule has 0 bridgehead atoms. The van der Waals surface area contributed by atoms with Gasteiger partial charge < -0.3 is 4.74 Å². The summed E-state index contributed by atoms with van der Waals surface area (Å²) < 4.78 is 29.2. The topological polar surface area (TPSA) is 46.7 Å². The molecule has 0 N–H and O–H groups in total. The fourth-order valence-corrected chi connectivity index (χ4v) is 2.84. The Morgan fingerprint density at radius 2 is 1.93 bits per heavy atom. The normalized spacial score (nSPS) is 20.8. The highest BCUT2D eigenvalue weighted by atomic mass is 79.9. The van der Waals surface area contributed by atoms with Gasteiger partial charge in [0.25, 0.3) is 0 Å². The van der Waals surface area contributed by atoms with Crippen LogP contribution in [-0.2, 0) is 14.6 Å². The first-order valence-corrected chi connectivity index (χ1v) is 6.62. The Kier molecular flexibility index (Phi) is 2.64. The molecule has 5 heteroatoms. The monoisotopic (exact) mass is 276 g/mol. The fourth-order valence-electron chi connectivity index (χ4n) is 1.15. The van der Waals surface area contributed by atoms with E-state index in [-0.39, 0.29) is 11.9 Å². The number of rotatable bonds is 3. The van der Waals surface area contributed by atoms with Crippen LogP contribution in [0.5, 0.6) is 0 Å². The van der Waals surface area contributed by atoms with E-state index < -0.39 is 9.84 Å². The van der Waals surface area contributed by atoms with Crippen molar-refractivity contribution < 1.29 is 13.2 Å². The second kappa shape index (κ2) is 3.64. The molecule has 3 nitrogen and oxygen atoms in total. The molecule has 1 saturated heterocycles. The van der Waals surface area contributed by atoms with Crippen LogP contribution in [-0.4, -0.2) is 26.9 Å². The van der Waals surface area contributed by atoms with E-state index >= 15 is 0 Å². The van der Waals surface area contributed by atoms with Crippen LogP contribution in [0.4, 0.5) is 0 Å². The molecule has 0 saturated carbocycles. The Hall–Kier alpha value is -0.390. The minimum Gasteiger partial charge on any atom is -0.372 e. The summed E-state index contributed by atoms with van der Waals surface area (Å²) in [5, 5.41) is 0. The maximum absolute atomic E-state index is 11.7. The third kappa shape index (κ3) is 2.34. The molecule has 14 heavy (non-hydrogen) atoms. The SMILES string of the molecule is O=S(=O)(CC1CO1)c1ccc(Br)cc1. The molecule has 1 unspecified atom stereocenters. The van der Waals surface area contributed by atoms with Crippen molar-refractivity contribution in [2.45, 2.75) is 11.0 Å². The molecule has 2 rings (SSSR count). The lowest BCUT2D eigenvalue weighted by Crippen LogP contribution is -2.11. The zero-order chi connectivity index (χ0) is 10.2. The van der Waals surface area contributed by atoms with E-state index in [1.54, 1.807) is 24.3 Å². The van der Waals surface area contributed by atoms with Crippen LogP contribution in [0.15, 0.2) is 33.6 Å². The number of ether oxygens (including phenoxy) is 1. The number of halogens is 1. The summed E-state index contributed by atoms with van der Waals surface area (Å²) in [6, 6.07) is 6.64. The highest BCUT2D eigenvalue weighted by Crippen LogP contribution is 2.20. The Bertz CT molecular complexity index is 420. The van der Waals surface area contributed by atoms with Gasteiger partial charge in [0.1, 0.15) is 0 Å². The third-order valence-electron chi connectivity index (χ3n) is 1.98. The van der Waals surface area contributed by atoms with Crippen molar-refractivity contribution in [3.8, 4) is 0 Å². The second-order valence-corrected chi connectivity index (χ2v) is 6.14. The third-order valence-corrected chi connectivity index (χ3v) is 4.31. The van der Waals surface area contributed by atoms with Gasteiger partial charge in [-0.15, -0.1) is 0 Å². The standard InChI is InChI=1S/C9H9BrO3S/c10-7-1-3-9(4-2-7)14(11,12)6-8-5-13-8/h1-4,8H,5-6H2. The van der Waals surface area contributed by atoms with Crippen molar-refractivity contribution >= 4 is 25.8 Å². The van der Waals surface area contributed by atoms with Crippen LogP contribution < -0.4 is 0 Å². The summed E-state index contributed by atoms with van der Waals surface area (Å²) in [5.41, 5.74) is 0. The van der Waals surface area contributed by atoms with E-state index in [9.17, 15) is 8.42 Å². The molecule has 1 heterocycles. The molecule has 1 aliphatic rings. The molecule has 1 aromatic carbocycles. The molecular weight excluding hydrogens is 268 g/mol. The number of benzene rings is 1. The summed E-state index contributed by atoms with van der Waals surface area (Å²) in [6.07, 6.45) is -0.0938. The van der Waals surface area contributed by atoms with Gasteiger partial charge >= 0.3 is 0 Å².